The molecule has 1 fully saturated rings. The van der Waals surface area contributed by atoms with Gasteiger partial charge in [-0.1, -0.05) is 0 Å². The van der Waals surface area contributed by atoms with Gasteiger partial charge in [0.05, 0.1) is 12.3 Å². The van der Waals surface area contributed by atoms with Crippen molar-refractivity contribution in [3.05, 3.63) is 29.7 Å². The summed E-state index contributed by atoms with van der Waals surface area (Å²) in [5.41, 5.74) is 1.11. The highest BCUT2D eigenvalue weighted by Gasteiger charge is 2.25. The molecule has 0 unspecified atom stereocenters. The molecule has 0 spiro atoms. The van der Waals surface area contributed by atoms with Crippen molar-refractivity contribution in [3.8, 4) is 0 Å². The topological polar surface area (TPSA) is 115 Å². The fraction of sp³-hybridized carbons (Fsp3) is 0.500. The van der Waals surface area contributed by atoms with Gasteiger partial charge in [0.15, 0.2) is 12.3 Å². The summed E-state index contributed by atoms with van der Waals surface area (Å²) in [5.74, 6) is -1.02. The number of carbonyl (C=O) groups excluding carboxylic acids is 3. The average Bonchev–Trinajstić information content (AvgIpc) is 3.02. The first kappa shape index (κ1) is 19.6. The van der Waals surface area contributed by atoms with Gasteiger partial charge in [0, 0.05) is 31.5 Å². The van der Waals surface area contributed by atoms with Gasteiger partial charge in [-0.25, -0.2) is 19.1 Å². The number of amides is 2. The van der Waals surface area contributed by atoms with Gasteiger partial charge in [-0.15, -0.1) is 0 Å². The molecule has 2 aromatic rings. The van der Waals surface area contributed by atoms with E-state index in [1.807, 2.05) is 0 Å². The third-order valence-corrected chi connectivity index (χ3v) is 4.49. The van der Waals surface area contributed by atoms with Crippen LogP contribution in [0.15, 0.2) is 18.5 Å². The van der Waals surface area contributed by atoms with E-state index in [9.17, 15) is 14.4 Å². The van der Waals surface area contributed by atoms with Gasteiger partial charge in [-0.3, -0.25) is 4.79 Å². The lowest BCUT2D eigenvalue weighted by atomic mass is 10.1. The van der Waals surface area contributed by atoms with Crippen molar-refractivity contribution in [1.29, 1.82) is 0 Å². The molecule has 0 radical (unpaired) electrons. The summed E-state index contributed by atoms with van der Waals surface area (Å²) in [7, 11) is 0. The third kappa shape index (κ3) is 4.38. The summed E-state index contributed by atoms with van der Waals surface area (Å²) in [5, 5.41) is 7.03. The van der Waals surface area contributed by atoms with Crippen LogP contribution in [0.5, 0.6) is 0 Å². The van der Waals surface area contributed by atoms with Crippen molar-refractivity contribution in [2.24, 2.45) is 0 Å². The first-order valence-corrected chi connectivity index (χ1v) is 9.17. The molecule has 2 aromatic heterocycles. The molecule has 1 saturated heterocycles. The number of rotatable bonds is 5. The molecule has 150 valence electrons. The molecule has 1 aliphatic rings. The fourth-order valence-corrected chi connectivity index (χ4v) is 3.13. The maximum Gasteiger partial charge on any atom is 0.409 e. The van der Waals surface area contributed by atoms with Crippen LogP contribution in [-0.4, -0.2) is 69.8 Å². The quantitative estimate of drug-likeness (QED) is 0.757. The number of ether oxygens (including phenoxy) is 2. The summed E-state index contributed by atoms with van der Waals surface area (Å²) < 4.78 is 11.6. The van der Waals surface area contributed by atoms with E-state index in [2.05, 4.69) is 15.4 Å². The Morgan fingerprint density at radius 3 is 2.71 bits per heavy atom. The molecule has 0 atom stereocenters. The van der Waals surface area contributed by atoms with Crippen molar-refractivity contribution in [2.75, 3.05) is 26.3 Å². The maximum atomic E-state index is 12.4. The number of aryl methyl sites for hydroxylation is 1. The number of likely N-dealkylation sites (tertiary alicyclic amines) is 1. The summed E-state index contributed by atoms with van der Waals surface area (Å²) in [6.45, 7) is 4.41. The second-order valence-electron chi connectivity index (χ2n) is 6.45. The Bertz CT molecular complexity index is 872. The summed E-state index contributed by atoms with van der Waals surface area (Å²) in [4.78, 5) is 41.9. The Morgan fingerprint density at radius 2 is 2.00 bits per heavy atom. The minimum absolute atomic E-state index is 0.0720. The van der Waals surface area contributed by atoms with E-state index in [0.29, 0.717) is 43.9 Å². The molecular formula is C18H23N5O5. The minimum Gasteiger partial charge on any atom is -0.452 e. The summed E-state index contributed by atoms with van der Waals surface area (Å²) in [6.07, 6.45) is 4.15. The Labute approximate surface area is 161 Å². The zero-order valence-electron chi connectivity index (χ0n) is 15.9. The smallest absolute Gasteiger partial charge is 0.409 e. The number of esters is 1. The highest BCUT2D eigenvalue weighted by atomic mass is 16.6. The molecule has 0 saturated carbocycles. The monoisotopic (exact) mass is 389 g/mol. The highest BCUT2D eigenvalue weighted by Crippen LogP contribution is 2.14. The van der Waals surface area contributed by atoms with Crippen LogP contribution in [0.2, 0.25) is 0 Å². The van der Waals surface area contributed by atoms with Crippen molar-refractivity contribution in [3.63, 3.8) is 0 Å². The molecule has 2 amide bonds. The fourth-order valence-electron chi connectivity index (χ4n) is 3.13. The van der Waals surface area contributed by atoms with Crippen LogP contribution in [0.25, 0.3) is 5.65 Å². The molecular weight excluding hydrogens is 366 g/mol. The van der Waals surface area contributed by atoms with E-state index in [0.717, 1.165) is 0 Å². The summed E-state index contributed by atoms with van der Waals surface area (Å²) >= 11 is 0. The van der Waals surface area contributed by atoms with Gasteiger partial charge in [-0.2, -0.15) is 5.10 Å². The Hall–Kier alpha value is -3.17. The van der Waals surface area contributed by atoms with Gasteiger partial charge in [-0.05, 0) is 32.8 Å². The molecule has 0 aromatic carbocycles. The normalized spacial score (nSPS) is 14.7. The van der Waals surface area contributed by atoms with E-state index in [1.54, 1.807) is 37.2 Å². The van der Waals surface area contributed by atoms with Gasteiger partial charge in [0.25, 0.3) is 5.91 Å². The number of fused-ring (bicyclic) bond motifs is 1. The molecule has 1 aliphatic heterocycles. The highest BCUT2D eigenvalue weighted by molar-refractivity contribution is 5.98. The Kier molecular flexibility index (Phi) is 6.07. The van der Waals surface area contributed by atoms with E-state index in [-0.39, 0.29) is 30.2 Å². The van der Waals surface area contributed by atoms with Gasteiger partial charge in [0.2, 0.25) is 0 Å². The number of hydrogen-bond donors (Lipinski definition) is 1. The van der Waals surface area contributed by atoms with Crippen LogP contribution >= 0.6 is 0 Å². The zero-order chi connectivity index (χ0) is 20.1. The van der Waals surface area contributed by atoms with Crippen LogP contribution in [0.3, 0.4) is 0 Å². The maximum absolute atomic E-state index is 12.4. The van der Waals surface area contributed by atoms with E-state index < -0.39 is 5.97 Å². The average molecular weight is 389 g/mol. The molecule has 3 rings (SSSR count). The molecule has 3 heterocycles. The number of hydrogen-bond acceptors (Lipinski definition) is 7. The zero-order valence-corrected chi connectivity index (χ0v) is 15.9. The molecule has 10 heteroatoms. The second-order valence-corrected chi connectivity index (χ2v) is 6.45. The van der Waals surface area contributed by atoms with Crippen LogP contribution in [-0.2, 0) is 14.3 Å². The van der Waals surface area contributed by atoms with E-state index in [4.69, 9.17) is 9.47 Å². The van der Waals surface area contributed by atoms with Crippen LogP contribution < -0.4 is 5.32 Å². The first-order valence-electron chi connectivity index (χ1n) is 9.17. The summed E-state index contributed by atoms with van der Waals surface area (Å²) in [6, 6.07) is 1.63. The molecule has 10 nitrogen and oxygen atoms in total. The lowest BCUT2D eigenvalue weighted by Gasteiger charge is -2.31. The van der Waals surface area contributed by atoms with Crippen molar-refractivity contribution < 1.29 is 23.9 Å². The number of nitrogens with zero attached hydrogens (tertiary/aromatic N) is 4. The largest absolute Gasteiger partial charge is 0.452 e. The predicted octanol–water partition coefficient (Wildman–Crippen LogP) is 0.932. The van der Waals surface area contributed by atoms with Crippen LogP contribution in [0.1, 0.15) is 35.8 Å². The Balaban J connectivity index is 1.48. The lowest BCUT2D eigenvalue weighted by molar-refractivity contribution is -0.125. The van der Waals surface area contributed by atoms with Gasteiger partial charge in [0.1, 0.15) is 5.56 Å². The third-order valence-electron chi connectivity index (χ3n) is 4.49. The van der Waals surface area contributed by atoms with Crippen molar-refractivity contribution >= 4 is 23.6 Å². The van der Waals surface area contributed by atoms with E-state index in [1.165, 1.54) is 4.52 Å². The number of nitrogens with one attached hydrogen (secondary N) is 1. The van der Waals surface area contributed by atoms with Crippen molar-refractivity contribution in [2.45, 2.75) is 32.7 Å². The van der Waals surface area contributed by atoms with Crippen LogP contribution in [0, 0.1) is 6.92 Å². The SMILES string of the molecule is CCOC(=O)N1CCC(NC(=O)COC(=O)c2c(C)nn3cccnc23)CC1. The molecule has 0 aliphatic carbocycles. The number of carbonyl (C=O) groups is 3. The standard InChI is InChI=1S/C18H23N5O5/c1-3-27-18(26)22-9-5-13(6-10-22)20-14(24)11-28-17(25)15-12(2)21-23-8-4-7-19-16(15)23/h4,7-8,13H,3,5-6,9-11H2,1-2H3,(H,20,24). The van der Waals surface area contributed by atoms with Gasteiger partial charge < -0.3 is 19.7 Å². The van der Waals surface area contributed by atoms with Crippen LogP contribution in [0.4, 0.5) is 4.79 Å². The molecule has 0 bridgehead atoms. The molecule has 1 N–H and O–H groups in total. The number of aromatic nitrogens is 3. The minimum atomic E-state index is -0.640. The molecule has 28 heavy (non-hydrogen) atoms. The van der Waals surface area contributed by atoms with Crippen molar-refractivity contribution in [1.82, 2.24) is 24.8 Å². The van der Waals surface area contributed by atoms with Gasteiger partial charge >= 0.3 is 12.1 Å². The first-order chi connectivity index (χ1) is 13.5. The van der Waals surface area contributed by atoms with E-state index >= 15 is 0 Å². The predicted molar refractivity (Wildman–Crippen MR) is 97.8 cm³/mol. The number of piperidine rings is 1. The lowest BCUT2D eigenvalue weighted by Crippen LogP contribution is -2.47. The Morgan fingerprint density at radius 1 is 1.25 bits per heavy atom. The second kappa shape index (κ2) is 8.68.